The predicted molar refractivity (Wildman–Crippen MR) is 87.6 cm³/mol. The number of hydrogen-bond acceptors (Lipinski definition) is 3. The van der Waals surface area contributed by atoms with Gasteiger partial charge in [-0.05, 0) is 44.9 Å². The summed E-state index contributed by atoms with van der Waals surface area (Å²) in [5.41, 5.74) is -1.26. The Morgan fingerprint density at radius 3 is 2.46 bits per heavy atom. The van der Waals surface area contributed by atoms with E-state index < -0.39 is 29.7 Å². The van der Waals surface area contributed by atoms with Gasteiger partial charge in [-0.3, -0.25) is 9.59 Å². The summed E-state index contributed by atoms with van der Waals surface area (Å²) in [5, 5.41) is 9.71. The van der Waals surface area contributed by atoms with Gasteiger partial charge >= 0.3 is 6.18 Å². The highest BCUT2D eigenvalue weighted by Gasteiger charge is 2.42. The van der Waals surface area contributed by atoms with E-state index in [-0.39, 0.29) is 41.9 Å². The summed E-state index contributed by atoms with van der Waals surface area (Å²) in [5.74, 6) is -1.09. The summed E-state index contributed by atoms with van der Waals surface area (Å²) in [4.78, 5) is 28.0. The van der Waals surface area contributed by atoms with E-state index in [9.17, 15) is 27.9 Å². The first-order chi connectivity index (χ1) is 12.0. The molecule has 0 bridgehead atoms. The summed E-state index contributed by atoms with van der Waals surface area (Å²) in [6, 6.07) is 1.57. The SMILES string of the molecule is CC(C)N1Cc2c(cc(C(=O)N3CC(O)CC3C)cc2C(F)(F)F)C1=O. The fourth-order valence-electron chi connectivity index (χ4n) is 3.67. The molecule has 142 valence electrons. The minimum absolute atomic E-state index is 0.0655. The maximum absolute atomic E-state index is 13.6. The number of likely N-dealkylation sites (tertiary alicyclic amines) is 1. The maximum atomic E-state index is 13.6. The number of carbonyl (C=O) groups excluding carboxylic acids is 2. The number of halogens is 3. The number of hydrogen-bond donors (Lipinski definition) is 1. The molecular formula is C18H21F3N2O3. The molecule has 2 aliphatic heterocycles. The van der Waals surface area contributed by atoms with Gasteiger partial charge in [-0.1, -0.05) is 0 Å². The fourth-order valence-corrected chi connectivity index (χ4v) is 3.67. The number of alkyl halides is 3. The van der Waals surface area contributed by atoms with Crippen LogP contribution in [0.4, 0.5) is 13.2 Å². The second-order valence-corrected chi connectivity index (χ2v) is 7.27. The van der Waals surface area contributed by atoms with Crippen molar-refractivity contribution in [3.05, 3.63) is 34.4 Å². The Morgan fingerprint density at radius 2 is 1.96 bits per heavy atom. The molecule has 0 aliphatic carbocycles. The lowest BCUT2D eigenvalue weighted by molar-refractivity contribution is -0.138. The monoisotopic (exact) mass is 370 g/mol. The van der Waals surface area contributed by atoms with E-state index in [0.717, 1.165) is 6.07 Å². The molecule has 2 heterocycles. The average Bonchev–Trinajstić information content (AvgIpc) is 3.04. The number of aliphatic hydroxyl groups is 1. The summed E-state index contributed by atoms with van der Waals surface area (Å²) >= 11 is 0. The quantitative estimate of drug-likeness (QED) is 0.871. The Labute approximate surface area is 149 Å². The van der Waals surface area contributed by atoms with Gasteiger partial charge < -0.3 is 14.9 Å². The Morgan fingerprint density at radius 1 is 1.31 bits per heavy atom. The van der Waals surface area contributed by atoms with Crippen molar-refractivity contribution in [2.75, 3.05) is 6.54 Å². The summed E-state index contributed by atoms with van der Waals surface area (Å²) in [6.45, 7) is 5.16. The standard InChI is InChI=1S/C18H21F3N2O3/c1-9(2)22-8-14-13(17(22)26)5-11(6-15(14)18(19,20)21)16(25)23-7-12(24)4-10(23)3/h5-6,9-10,12,24H,4,7-8H2,1-3H3. The number of β-amino-alcohol motifs (C(OH)–C–C–N with tert-alkyl or cyclic N) is 1. The van der Waals surface area contributed by atoms with Gasteiger partial charge in [0, 0.05) is 36.3 Å². The van der Waals surface area contributed by atoms with Crippen molar-refractivity contribution >= 4 is 11.8 Å². The molecule has 2 atom stereocenters. The number of aliphatic hydroxyl groups excluding tert-OH is 1. The van der Waals surface area contributed by atoms with Gasteiger partial charge in [0.25, 0.3) is 11.8 Å². The van der Waals surface area contributed by atoms with Gasteiger partial charge in [0.05, 0.1) is 11.7 Å². The zero-order chi connectivity index (χ0) is 19.4. The van der Waals surface area contributed by atoms with Crippen molar-refractivity contribution in [1.82, 2.24) is 9.80 Å². The Hall–Kier alpha value is -2.09. The zero-order valence-corrected chi connectivity index (χ0v) is 14.8. The number of carbonyl (C=O) groups is 2. The lowest BCUT2D eigenvalue weighted by atomic mass is 9.98. The third-order valence-electron chi connectivity index (χ3n) is 5.06. The topological polar surface area (TPSA) is 60.9 Å². The first kappa shape index (κ1) is 18.7. The lowest BCUT2D eigenvalue weighted by Crippen LogP contribution is -2.34. The molecule has 0 aromatic heterocycles. The van der Waals surface area contributed by atoms with Crippen molar-refractivity contribution in [2.24, 2.45) is 0 Å². The second kappa shape index (κ2) is 6.26. The van der Waals surface area contributed by atoms with Crippen molar-refractivity contribution in [3.63, 3.8) is 0 Å². The van der Waals surface area contributed by atoms with E-state index in [0.29, 0.717) is 6.42 Å². The van der Waals surface area contributed by atoms with E-state index in [1.54, 1.807) is 20.8 Å². The third-order valence-corrected chi connectivity index (χ3v) is 5.06. The van der Waals surface area contributed by atoms with Crippen LogP contribution >= 0.6 is 0 Å². The van der Waals surface area contributed by atoms with Crippen LogP contribution in [0, 0.1) is 0 Å². The van der Waals surface area contributed by atoms with Crippen molar-refractivity contribution < 1.29 is 27.9 Å². The van der Waals surface area contributed by atoms with E-state index in [4.69, 9.17) is 0 Å². The van der Waals surface area contributed by atoms with Crippen LogP contribution in [0.1, 0.15) is 59.0 Å². The maximum Gasteiger partial charge on any atom is 0.416 e. The molecule has 26 heavy (non-hydrogen) atoms. The molecule has 5 nitrogen and oxygen atoms in total. The Kier molecular flexibility index (Phi) is 4.50. The van der Waals surface area contributed by atoms with E-state index in [1.807, 2.05) is 0 Å². The number of rotatable bonds is 2. The second-order valence-electron chi connectivity index (χ2n) is 7.27. The number of benzene rings is 1. The molecule has 1 aromatic rings. The highest BCUT2D eigenvalue weighted by atomic mass is 19.4. The summed E-state index contributed by atoms with van der Waals surface area (Å²) in [7, 11) is 0. The summed E-state index contributed by atoms with van der Waals surface area (Å²) in [6.07, 6.45) is -4.98. The molecule has 2 aliphatic rings. The zero-order valence-electron chi connectivity index (χ0n) is 14.8. The fraction of sp³-hybridized carbons (Fsp3) is 0.556. The minimum Gasteiger partial charge on any atom is -0.391 e. The predicted octanol–water partition coefficient (Wildman–Crippen LogP) is 2.66. The molecule has 8 heteroatoms. The first-order valence-electron chi connectivity index (χ1n) is 8.54. The van der Waals surface area contributed by atoms with E-state index in [2.05, 4.69) is 0 Å². The smallest absolute Gasteiger partial charge is 0.391 e. The minimum atomic E-state index is -4.66. The van der Waals surface area contributed by atoms with Crippen molar-refractivity contribution in [3.8, 4) is 0 Å². The lowest BCUT2D eigenvalue weighted by Gasteiger charge is -2.22. The molecular weight excluding hydrogens is 349 g/mol. The molecule has 1 saturated heterocycles. The summed E-state index contributed by atoms with van der Waals surface area (Å²) < 4.78 is 40.7. The van der Waals surface area contributed by atoms with Crippen LogP contribution in [0.3, 0.4) is 0 Å². The molecule has 1 fully saturated rings. The molecule has 2 unspecified atom stereocenters. The van der Waals surface area contributed by atoms with Crippen molar-refractivity contribution in [1.29, 1.82) is 0 Å². The van der Waals surface area contributed by atoms with Crippen LogP contribution in [0.2, 0.25) is 0 Å². The van der Waals surface area contributed by atoms with E-state index in [1.165, 1.54) is 15.9 Å². The molecule has 0 saturated carbocycles. The molecule has 0 spiro atoms. The number of amides is 2. The van der Waals surface area contributed by atoms with Crippen molar-refractivity contribution in [2.45, 2.75) is 58.1 Å². The van der Waals surface area contributed by atoms with Crippen LogP contribution < -0.4 is 0 Å². The molecule has 1 aromatic carbocycles. The molecule has 2 amide bonds. The van der Waals surface area contributed by atoms with Crippen LogP contribution in [0.25, 0.3) is 0 Å². The van der Waals surface area contributed by atoms with Crippen LogP contribution in [0.5, 0.6) is 0 Å². The van der Waals surface area contributed by atoms with Gasteiger partial charge in [-0.2, -0.15) is 13.2 Å². The van der Waals surface area contributed by atoms with Crippen LogP contribution in [-0.4, -0.2) is 51.5 Å². The Balaban J connectivity index is 2.07. The van der Waals surface area contributed by atoms with Gasteiger partial charge in [-0.15, -0.1) is 0 Å². The molecule has 0 radical (unpaired) electrons. The van der Waals surface area contributed by atoms with E-state index >= 15 is 0 Å². The molecule has 1 N–H and O–H groups in total. The van der Waals surface area contributed by atoms with Gasteiger partial charge in [0.2, 0.25) is 0 Å². The third kappa shape index (κ3) is 3.06. The molecule has 3 rings (SSSR count). The largest absolute Gasteiger partial charge is 0.416 e. The Bertz CT molecular complexity index is 761. The average molecular weight is 370 g/mol. The van der Waals surface area contributed by atoms with Gasteiger partial charge in [-0.25, -0.2) is 0 Å². The normalized spacial score (nSPS) is 23.2. The van der Waals surface area contributed by atoms with Crippen LogP contribution in [0.15, 0.2) is 12.1 Å². The first-order valence-corrected chi connectivity index (χ1v) is 8.54. The van der Waals surface area contributed by atoms with Gasteiger partial charge in [0.1, 0.15) is 0 Å². The van der Waals surface area contributed by atoms with Gasteiger partial charge in [0.15, 0.2) is 0 Å². The highest BCUT2D eigenvalue weighted by molar-refractivity contribution is 6.03. The number of nitrogens with zero attached hydrogens (tertiary/aromatic N) is 2. The highest BCUT2D eigenvalue weighted by Crippen LogP contribution is 2.39. The van der Waals surface area contributed by atoms with Crippen LogP contribution in [-0.2, 0) is 12.7 Å². The number of fused-ring (bicyclic) bond motifs is 1.